The highest BCUT2D eigenvalue weighted by Crippen LogP contribution is 2.26. The molecule has 25 heavy (non-hydrogen) atoms. The number of amides is 2. The number of carboxylic acid groups (broad SMARTS) is 1. The van der Waals surface area contributed by atoms with E-state index in [4.69, 9.17) is 4.74 Å². The number of carboxylic acids is 1. The van der Waals surface area contributed by atoms with Gasteiger partial charge in [0.15, 0.2) is 0 Å². The molecule has 0 spiro atoms. The number of ether oxygens (including phenoxy) is 1. The summed E-state index contributed by atoms with van der Waals surface area (Å²) in [5.74, 6) is -1.70. The van der Waals surface area contributed by atoms with E-state index in [9.17, 15) is 19.5 Å². The number of nitrogens with one attached hydrogen (secondary N) is 2. The Balaban J connectivity index is 3.04. The fourth-order valence-corrected chi connectivity index (χ4v) is 2.73. The van der Waals surface area contributed by atoms with Crippen LogP contribution in [0.3, 0.4) is 0 Å². The van der Waals surface area contributed by atoms with E-state index in [-0.39, 0.29) is 11.8 Å². The Morgan fingerprint density at radius 3 is 2.08 bits per heavy atom. The largest absolute Gasteiger partial charge is 0.480 e. The molecule has 0 saturated heterocycles. The second kappa shape index (κ2) is 8.87. The number of carbonyl (C=O) groups excluding carboxylic acids is 2. The summed E-state index contributed by atoms with van der Waals surface area (Å²) >= 11 is 0. The first-order valence-electron chi connectivity index (χ1n) is 8.75. The smallest absolute Gasteiger partial charge is 0.412 e. The number of aliphatic carboxylic acids is 1. The van der Waals surface area contributed by atoms with Crippen molar-refractivity contribution in [2.75, 3.05) is 0 Å². The zero-order chi connectivity index (χ0) is 19.2. The Morgan fingerprint density at radius 2 is 1.64 bits per heavy atom. The van der Waals surface area contributed by atoms with E-state index >= 15 is 0 Å². The predicted octanol–water partition coefficient (Wildman–Crippen LogP) is 2.95. The second-order valence-corrected chi connectivity index (χ2v) is 7.73. The molecule has 7 heteroatoms. The molecule has 7 nitrogen and oxygen atoms in total. The first kappa shape index (κ1) is 21.0. The van der Waals surface area contributed by atoms with Gasteiger partial charge in [-0.3, -0.25) is 10.1 Å². The van der Waals surface area contributed by atoms with Crippen LogP contribution in [0.1, 0.15) is 66.7 Å². The molecule has 142 valence electrons. The maximum atomic E-state index is 12.7. The number of rotatable bonds is 5. The SMILES string of the molecule is CC(C)OC(=O)NC(C(=O)N[C@H](C(=O)O)C(C)(C)C)=C1CCCCC1. The molecule has 1 atom stereocenters. The Kier molecular flexibility index (Phi) is 7.45. The molecule has 0 aromatic rings. The molecule has 0 aromatic heterocycles. The van der Waals surface area contributed by atoms with Gasteiger partial charge in [-0.05, 0) is 50.5 Å². The van der Waals surface area contributed by atoms with E-state index in [0.29, 0.717) is 12.8 Å². The standard InChI is InChI=1S/C18H30N2O5/c1-11(2)25-17(24)19-13(12-9-7-6-8-10-12)15(21)20-14(16(22)23)18(3,4)5/h11,14H,6-10H2,1-5H3,(H,19,24)(H,20,21)(H,22,23)/t14-/m1/s1. The molecule has 0 heterocycles. The summed E-state index contributed by atoms with van der Waals surface area (Å²) in [7, 11) is 0. The molecular weight excluding hydrogens is 324 g/mol. The van der Waals surface area contributed by atoms with Crippen molar-refractivity contribution in [2.24, 2.45) is 5.41 Å². The van der Waals surface area contributed by atoms with Crippen LogP contribution in [-0.2, 0) is 14.3 Å². The van der Waals surface area contributed by atoms with E-state index in [1.165, 1.54) is 0 Å². The minimum absolute atomic E-state index is 0.126. The highest BCUT2D eigenvalue weighted by molar-refractivity contribution is 5.99. The fourth-order valence-electron chi connectivity index (χ4n) is 2.73. The zero-order valence-corrected chi connectivity index (χ0v) is 15.8. The van der Waals surface area contributed by atoms with Crippen LogP contribution in [0.25, 0.3) is 0 Å². The van der Waals surface area contributed by atoms with Crippen molar-refractivity contribution in [3.05, 3.63) is 11.3 Å². The molecule has 1 aliphatic carbocycles. The molecule has 1 saturated carbocycles. The summed E-state index contributed by atoms with van der Waals surface area (Å²) in [6, 6.07) is -1.07. The van der Waals surface area contributed by atoms with Crippen LogP contribution in [0.4, 0.5) is 4.79 Å². The Bertz CT molecular complexity index is 538. The van der Waals surface area contributed by atoms with Crippen LogP contribution in [0.2, 0.25) is 0 Å². The molecule has 0 bridgehead atoms. The molecule has 0 unspecified atom stereocenters. The lowest BCUT2D eigenvalue weighted by atomic mass is 9.86. The van der Waals surface area contributed by atoms with Crippen LogP contribution in [0, 0.1) is 5.41 Å². The summed E-state index contributed by atoms with van der Waals surface area (Å²) in [6.07, 6.45) is 3.34. The lowest BCUT2D eigenvalue weighted by Crippen LogP contribution is -2.51. The minimum Gasteiger partial charge on any atom is -0.480 e. The van der Waals surface area contributed by atoms with Gasteiger partial charge < -0.3 is 15.2 Å². The Labute approximate surface area is 149 Å². The first-order chi connectivity index (χ1) is 11.5. The number of allylic oxidation sites excluding steroid dienone is 1. The van der Waals surface area contributed by atoms with Crippen molar-refractivity contribution in [3.63, 3.8) is 0 Å². The van der Waals surface area contributed by atoms with Crippen molar-refractivity contribution in [3.8, 4) is 0 Å². The van der Waals surface area contributed by atoms with Gasteiger partial charge in [-0.1, -0.05) is 27.2 Å². The number of carbonyl (C=O) groups is 3. The molecule has 1 fully saturated rings. The van der Waals surface area contributed by atoms with Gasteiger partial charge in [-0.2, -0.15) is 0 Å². The van der Waals surface area contributed by atoms with Crippen LogP contribution in [0.15, 0.2) is 11.3 Å². The molecular formula is C18H30N2O5. The Hall–Kier alpha value is -2.05. The molecule has 1 rings (SSSR count). The van der Waals surface area contributed by atoms with Gasteiger partial charge in [0.25, 0.3) is 5.91 Å². The van der Waals surface area contributed by atoms with Crippen molar-refractivity contribution < 1.29 is 24.2 Å². The summed E-state index contributed by atoms with van der Waals surface area (Å²) in [5, 5.41) is 14.5. The number of hydrogen-bond acceptors (Lipinski definition) is 4. The number of alkyl carbamates (subject to hydrolysis) is 1. The predicted molar refractivity (Wildman–Crippen MR) is 93.9 cm³/mol. The Morgan fingerprint density at radius 1 is 1.08 bits per heavy atom. The normalized spacial score (nSPS) is 16.2. The van der Waals surface area contributed by atoms with Gasteiger partial charge in [0, 0.05) is 0 Å². The second-order valence-electron chi connectivity index (χ2n) is 7.73. The average molecular weight is 354 g/mol. The third kappa shape index (κ3) is 6.76. The molecule has 1 aliphatic rings. The molecule has 0 aliphatic heterocycles. The van der Waals surface area contributed by atoms with Gasteiger partial charge in [0.1, 0.15) is 11.7 Å². The van der Waals surface area contributed by atoms with Crippen LogP contribution in [-0.4, -0.2) is 35.2 Å². The minimum atomic E-state index is -1.11. The fraction of sp³-hybridized carbons (Fsp3) is 0.722. The third-order valence-electron chi connectivity index (χ3n) is 4.00. The molecule has 0 aromatic carbocycles. The summed E-state index contributed by atoms with van der Waals surface area (Å²) < 4.78 is 5.06. The molecule has 2 amide bonds. The zero-order valence-electron chi connectivity index (χ0n) is 15.8. The highest BCUT2D eigenvalue weighted by Gasteiger charge is 2.34. The lowest BCUT2D eigenvalue weighted by molar-refractivity contribution is -0.144. The monoisotopic (exact) mass is 354 g/mol. The van der Waals surface area contributed by atoms with E-state index in [1.807, 2.05) is 0 Å². The van der Waals surface area contributed by atoms with E-state index in [2.05, 4.69) is 10.6 Å². The van der Waals surface area contributed by atoms with Crippen LogP contribution in [0.5, 0.6) is 0 Å². The quantitative estimate of drug-likeness (QED) is 0.658. The summed E-state index contributed by atoms with van der Waals surface area (Å²) in [4.78, 5) is 36.2. The molecule has 0 radical (unpaired) electrons. The first-order valence-corrected chi connectivity index (χ1v) is 8.75. The third-order valence-corrected chi connectivity index (χ3v) is 4.00. The van der Waals surface area contributed by atoms with Crippen molar-refractivity contribution in [1.29, 1.82) is 0 Å². The topological polar surface area (TPSA) is 105 Å². The maximum Gasteiger partial charge on any atom is 0.412 e. The van der Waals surface area contributed by atoms with Crippen molar-refractivity contribution in [2.45, 2.75) is 78.9 Å². The van der Waals surface area contributed by atoms with Crippen molar-refractivity contribution >= 4 is 18.0 Å². The van der Waals surface area contributed by atoms with Crippen LogP contribution < -0.4 is 10.6 Å². The van der Waals surface area contributed by atoms with Gasteiger partial charge in [0.2, 0.25) is 0 Å². The van der Waals surface area contributed by atoms with E-state index in [0.717, 1.165) is 24.8 Å². The maximum absolute atomic E-state index is 12.7. The van der Waals surface area contributed by atoms with E-state index in [1.54, 1.807) is 34.6 Å². The van der Waals surface area contributed by atoms with Gasteiger partial charge in [0.05, 0.1) is 6.10 Å². The highest BCUT2D eigenvalue weighted by atomic mass is 16.6. The molecule has 3 N–H and O–H groups in total. The lowest BCUT2D eigenvalue weighted by Gasteiger charge is -2.29. The van der Waals surface area contributed by atoms with Gasteiger partial charge in [-0.25, -0.2) is 9.59 Å². The van der Waals surface area contributed by atoms with Crippen molar-refractivity contribution in [1.82, 2.24) is 10.6 Å². The summed E-state index contributed by atoms with van der Waals surface area (Å²) in [5.41, 5.74) is 0.297. The number of hydrogen-bond donors (Lipinski definition) is 3. The van der Waals surface area contributed by atoms with Crippen LogP contribution >= 0.6 is 0 Å². The van der Waals surface area contributed by atoms with E-state index < -0.39 is 29.4 Å². The average Bonchev–Trinajstić information content (AvgIpc) is 2.48. The summed E-state index contributed by atoms with van der Waals surface area (Å²) in [6.45, 7) is 8.64. The van der Waals surface area contributed by atoms with Gasteiger partial charge in [-0.15, -0.1) is 0 Å². The van der Waals surface area contributed by atoms with Gasteiger partial charge >= 0.3 is 12.1 Å².